The van der Waals surface area contributed by atoms with Crippen molar-refractivity contribution in [3.8, 4) is 0 Å². The molecule has 1 atom stereocenters. The minimum atomic E-state index is 0.373. The Labute approximate surface area is 110 Å². The van der Waals surface area contributed by atoms with Gasteiger partial charge in [0.05, 0.1) is 6.04 Å². The van der Waals surface area contributed by atoms with Crippen molar-refractivity contribution in [2.75, 3.05) is 33.2 Å². The average molecular weight is 251 g/mol. The van der Waals surface area contributed by atoms with E-state index >= 15 is 0 Å². The second-order valence-corrected chi connectivity index (χ2v) is 5.21. The molecule has 18 heavy (non-hydrogen) atoms. The first-order chi connectivity index (χ1) is 8.72. The molecule has 1 aliphatic rings. The number of hydrogen-bond donors (Lipinski definition) is 0. The van der Waals surface area contributed by atoms with Crippen LogP contribution in [0.1, 0.15) is 38.6 Å². The Hall–Kier alpha value is -0.940. The van der Waals surface area contributed by atoms with Gasteiger partial charge in [-0.1, -0.05) is 13.3 Å². The fourth-order valence-electron chi connectivity index (χ4n) is 2.45. The minimum Gasteiger partial charge on any atom is -0.304 e. The van der Waals surface area contributed by atoms with Gasteiger partial charge in [0.15, 0.2) is 0 Å². The van der Waals surface area contributed by atoms with Crippen LogP contribution in [0.4, 0.5) is 0 Å². The van der Waals surface area contributed by atoms with E-state index in [0.29, 0.717) is 6.04 Å². The smallest absolute Gasteiger partial charge is 0.143 e. The van der Waals surface area contributed by atoms with Crippen LogP contribution in [0.3, 0.4) is 0 Å². The van der Waals surface area contributed by atoms with Gasteiger partial charge in [0.2, 0.25) is 0 Å². The second-order valence-electron chi connectivity index (χ2n) is 5.21. The zero-order valence-electron chi connectivity index (χ0n) is 11.8. The molecule has 2 heterocycles. The molecule has 0 amide bonds. The van der Waals surface area contributed by atoms with Crippen LogP contribution in [0.5, 0.6) is 0 Å². The molecule has 0 radical (unpaired) electrons. The summed E-state index contributed by atoms with van der Waals surface area (Å²) >= 11 is 0. The average Bonchev–Trinajstić information content (AvgIpc) is 2.84. The molecule has 102 valence electrons. The maximum Gasteiger partial charge on any atom is 0.143 e. The van der Waals surface area contributed by atoms with Crippen molar-refractivity contribution in [1.29, 1.82) is 0 Å². The van der Waals surface area contributed by atoms with Crippen LogP contribution in [0.2, 0.25) is 0 Å². The molecule has 1 saturated heterocycles. The van der Waals surface area contributed by atoms with Gasteiger partial charge in [0, 0.05) is 32.7 Å². The van der Waals surface area contributed by atoms with Gasteiger partial charge in [0.25, 0.3) is 0 Å². The van der Waals surface area contributed by atoms with Crippen LogP contribution in [0, 0.1) is 0 Å². The standard InChI is InChI=1S/C13H25N5/c1-4-5-6-18-13(14-11-15-18)12(2)17-9-7-16(3)8-10-17/h11-12H,4-10H2,1-3H3/t12-/m0/s1. The minimum absolute atomic E-state index is 0.373. The van der Waals surface area contributed by atoms with Gasteiger partial charge in [0.1, 0.15) is 12.2 Å². The zero-order valence-corrected chi connectivity index (χ0v) is 11.8. The van der Waals surface area contributed by atoms with Crippen molar-refractivity contribution in [2.45, 2.75) is 39.3 Å². The summed E-state index contributed by atoms with van der Waals surface area (Å²) < 4.78 is 2.08. The maximum absolute atomic E-state index is 4.46. The van der Waals surface area contributed by atoms with E-state index in [1.54, 1.807) is 6.33 Å². The van der Waals surface area contributed by atoms with Gasteiger partial charge in [-0.15, -0.1) is 0 Å². The summed E-state index contributed by atoms with van der Waals surface area (Å²) in [6.45, 7) is 9.99. The van der Waals surface area contributed by atoms with Crippen molar-refractivity contribution in [3.63, 3.8) is 0 Å². The molecular formula is C13H25N5. The van der Waals surface area contributed by atoms with Crippen LogP contribution in [-0.4, -0.2) is 57.8 Å². The Morgan fingerprint density at radius 2 is 2.00 bits per heavy atom. The van der Waals surface area contributed by atoms with Crippen molar-refractivity contribution in [2.24, 2.45) is 0 Å². The molecule has 5 nitrogen and oxygen atoms in total. The number of likely N-dealkylation sites (N-methyl/N-ethyl adjacent to an activating group) is 1. The van der Waals surface area contributed by atoms with Crippen molar-refractivity contribution in [3.05, 3.63) is 12.2 Å². The summed E-state index contributed by atoms with van der Waals surface area (Å²) in [5.74, 6) is 1.12. The van der Waals surface area contributed by atoms with Gasteiger partial charge in [-0.2, -0.15) is 5.10 Å². The molecule has 5 heteroatoms. The fourth-order valence-corrected chi connectivity index (χ4v) is 2.45. The molecule has 0 saturated carbocycles. The fraction of sp³-hybridized carbons (Fsp3) is 0.846. The van der Waals surface area contributed by atoms with E-state index in [1.165, 1.54) is 12.8 Å². The molecule has 0 N–H and O–H groups in total. The number of piperazine rings is 1. The zero-order chi connectivity index (χ0) is 13.0. The summed E-state index contributed by atoms with van der Waals surface area (Å²) in [4.78, 5) is 9.35. The highest BCUT2D eigenvalue weighted by Gasteiger charge is 2.23. The van der Waals surface area contributed by atoms with E-state index in [9.17, 15) is 0 Å². The quantitative estimate of drug-likeness (QED) is 0.792. The van der Waals surface area contributed by atoms with Crippen molar-refractivity contribution in [1.82, 2.24) is 24.6 Å². The van der Waals surface area contributed by atoms with Crippen LogP contribution in [0.25, 0.3) is 0 Å². The van der Waals surface area contributed by atoms with Crippen LogP contribution < -0.4 is 0 Å². The largest absolute Gasteiger partial charge is 0.304 e. The van der Waals surface area contributed by atoms with Crippen LogP contribution in [0.15, 0.2) is 6.33 Å². The summed E-state index contributed by atoms with van der Waals surface area (Å²) in [5.41, 5.74) is 0. The monoisotopic (exact) mass is 251 g/mol. The Morgan fingerprint density at radius 3 is 2.67 bits per heavy atom. The summed E-state index contributed by atoms with van der Waals surface area (Å²) in [7, 11) is 2.19. The van der Waals surface area contributed by atoms with E-state index in [4.69, 9.17) is 0 Å². The Kier molecular flexibility index (Phi) is 4.72. The summed E-state index contributed by atoms with van der Waals surface area (Å²) in [6.07, 6.45) is 4.06. The normalized spacial score (nSPS) is 20.2. The molecule has 0 unspecified atom stereocenters. The molecular weight excluding hydrogens is 226 g/mol. The lowest BCUT2D eigenvalue weighted by Crippen LogP contribution is -2.45. The number of aromatic nitrogens is 3. The molecule has 1 aliphatic heterocycles. The first-order valence-electron chi connectivity index (χ1n) is 7.02. The van der Waals surface area contributed by atoms with Gasteiger partial charge >= 0.3 is 0 Å². The molecule has 0 aromatic carbocycles. The molecule has 2 rings (SSSR count). The van der Waals surface area contributed by atoms with E-state index < -0.39 is 0 Å². The first-order valence-corrected chi connectivity index (χ1v) is 7.02. The van der Waals surface area contributed by atoms with Gasteiger partial charge in [-0.05, 0) is 20.4 Å². The number of hydrogen-bond acceptors (Lipinski definition) is 4. The lowest BCUT2D eigenvalue weighted by molar-refractivity contribution is 0.113. The Balaban J connectivity index is 1.99. The highest BCUT2D eigenvalue weighted by atomic mass is 15.4. The molecule has 0 aliphatic carbocycles. The Morgan fingerprint density at radius 1 is 1.28 bits per heavy atom. The molecule has 1 aromatic rings. The van der Waals surface area contributed by atoms with Crippen LogP contribution >= 0.6 is 0 Å². The predicted molar refractivity (Wildman–Crippen MR) is 72.4 cm³/mol. The van der Waals surface area contributed by atoms with Gasteiger partial charge < -0.3 is 4.90 Å². The highest BCUT2D eigenvalue weighted by Crippen LogP contribution is 2.19. The van der Waals surface area contributed by atoms with Crippen molar-refractivity contribution < 1.29 is 0 Å². The molecule has 0 bridgehead atoms. The third kappa shape index (κ3) is 3.09. The summed E-state index contributed by atoms with van der Waals surface area (Å²) in [5, 5.41) is 4.35. The molecule has 1 aromatic heterocycles. The number of rotatable bonds is 5. The van der Waals surface area contributed by atoms with Crippen LogP contribution in [-0.2, 0) is 6.54 Å². The van der Waals surface area contributed by atoms with Gasteiger partial charge in [-0.25, -0.2) is 9.67 Å². The topological polar surface area (TPSA) is 37.2 Å². The number of nitrogens with zero attached hydrogens (tertiary/aromatic N) is 5. The lowest BCUT2D eigenvalue weighted by atomic mass is 10.2. The predicted octanol–water partition coefficient (Wildman–Crippen LogP) is 1.39. The Bertz CT molecular complexity index is 354. The van der Waals surface area contributed by atoms with E-state index in [2.05, 4.69) is 45.5 Å². The third-order valence-electron chi connectivity index (χ3n) is 3.83. The van der Waals surface area contributed by atoms with E-state index in [1.807, 2.05) is 0 Å². The first kappa shape index (κ1) is 13.5. The summed E-state index contributed by atoms with van der Waals surface area (Å²) in [6, 6.07) is 0.373. The highest BCUT2D eigenvalue weighted by molar-refractivity contribution is 4.94. The van der Waals surface area contributed by atoms with E-state index in [0.717, 1.165) is 38.5 Å². The molecule has 1 fully saturated rings. The van der Waals surface area contributed by atoms with Crippen molar-refractivity contribution >= 4 is 0 Å². The lowest BCUT2D eigenvalue weighted by Gasteiger charge is -2.36. The number of unbranched alkanes of at least 4 members (excludes halogenated alkanes) is 1. The SMILES string of the molecule is CCCCn1ncnc1[C@H](C)N1CCN(C)CC1. The van der Waals surface area contributed by atoms with E-state index in [-0.39, 0.29) is 0 Å². The second kappa shape index (κ2) is 6.29. The maximum atomic E-state index is 4.46. The third-order valence-corrected chi connectivity index (χ3v) is 3.83. The molecule has 0 spiro atoms. The number of aryl methyl sites for hydroxylation is 1. The van der Waals surface area contributed by atoms with Gasteiger partial charge in [-0.3, -0.25) is 4.90 Å².